The lowest BCUT2D eigenvalue weighted by molar-refractivity contribution is 0.0450. The maximum absolute atomic E-state index is 12.7. The number of nitrogens with two attached hydrogens (primary N) is 1. The van der Waals surface area contributed by atoms with Crippen LogP contribution in [0.4, 0.5) is 5.69 Å². The number of carbonyl (C=O) groups excluding carboxylic acids is 1. The van der Waals surface area contributed by atoms with E-state index in [4.69, 9.17) is 42.6 Å². The first-order valence-electron chi connectivity index (χ1n) is 9.01. The smallest absolute Gasteiger partial charge is 0.340 e. The summed E-state index contributed by atoms with van der Waals surface area (Å²) >= 11 is 12.1. The molecule has 3 rings (SSSR count). The number of primary sulfonamides is 1. The first kappa shape index (κ1) is 22.6. The lowest BCUT2D eigenvalue weighted by atomic mass is 10.1. The Hall–Kier alpha value is -2.04. The van der Waals surface area contributed by atoms with Crippen molar-refractivity contribution in [3.63, 3.8) is 0 Å². The molecule has 1 aliphatic heterocycles. The van der Waals surface area contributed by atoms with Crippen molar-refractivity contribution in [3.8, 4) is 5.75 Å². The van der Waals surface area contributed by atoms with Crippen molar-refractivity contribution in [1.82, 2.24) is 0 Å². The molecule has 1 fully saturated rings. The van der Waals surface area contributed by atoms with E-state index in [-0.39, 0.29) is 23.7 Å². The first-order valence-corrected chi connectivity index (χ1v) is 11.3. The quantitative estimate of drug-likeness (QED) is 0.485. The molecule has 1 aliphatic rings. The van der Waals surface area contributed by atoms with Gasteiger partial charge < -0.3 is 19.1 Å². The highest BCUT2D eigenvalue weighted by Gasteiger charge is 2.22. The van der Waals surface area contributed by atoms with Crippen LogP contribution in [-0.4, -0.2) is 53.9 Å². The van der Waals surface area contributed by atoms with Crippen molar-refractivity contribution in [3.05, 3.63) is 52.0 Å². The van der Waals surface area contributed by atoms with Gasteiger partial charge in [0.25, 0.3) is 0 Å². The van der Waals surface area contributed by atoms with Gasteiger partial charge in [-0.25, -0.2) is 18.4 Å². The summed E-state index contributed by atoms with van der Waals surface area (Å²) in [6, 6.07) is 9.06. The van der Waals surface area contributed by atoms with Crippen molar-refractivity contribution < 1.29 is 27.4 Å². The van der Waals surface area contributed by atoms with Crippen molar-refractivity contribution in [1.29, 1.82) is 0 Å². The summed E-state index contributed by atoms with van der Waals surface area (Å²) in [6.07, 6.45) is 0. The van der Waals surface area contributed by atoms with Gasteiger partial charge in [0.2, 0.25) is 10.0 Å². The van der Waals surface area contributed by atoms with Crippen LogP contribution >= 0.6 is 23.2 Å². The number of ether oxygens (including phenoxy) is 3. The van der Waals surface area contributed by atoms with E-state index >= 15 is 0 Å². The molecule has 2 aromatic rings. The standard InChI is InChI=1S/C19H20Cl2N2O6S/c20-15-2-1-3-16(21)18(15)28-10-11-29-19(24)14-12-13(30(22,25)26)4-5-17(14)23-6-8-27-9-7-23/h1-5,12H,6-11H2,(H2,22,25,26). The van der Waals surface area contributed by atoms with Gasteiger partial charge in [0, 0.05) is 13.1 Å². The van der Waals surface area contributed by atoms with E-state index in [9.17, 15) is 13.2 Å². The van der Waals surface area contributed by atoms with Crippen LogP contribution in [0.2, 0.25) is 10.0 Å². The molecule has 1 heterocycles. The summed E-state index contributed by atoms with van der Waals surface area (Å²) in [5, 5.41) is 5.88. The van der Waals surface area contributed by atoms with Crippen LogP contribution in [0.3, 0.4) is 0 Å². The monoisotopic (exact) mass is 474 g/mol. The molecule has 0 radical (unpaired) electrons. The highest BCUT2D eigenvalue weighted by molar-refractivity contribution is 7.89. The van der Waals surface area contributed by atoms with Gasteiger partial charge in [0.05, 0.1) is 39.4 Å². The lowest BCUT2D eigenvalue weighted by Crippen LogP contribution is -2.37. The third-order valence-corrected chi connectivity index (χ3v) is 5.86. The van der Waals surface area contributed by atoms with Crippen LogP contribution in [0.1, 0.15) is 10.4 Å². The Morgan fingerprint density at radius 1 is 1.10 bits per heavy atom. The topological polar surface area (TPSA) is 108 Å². The zero-order chi connectivity index (χ0) is 21.7. The summed E-state index contributed by atoms with van der Waals surface area (Å²) in [5.41, 5.74) is 0.643. The number of rotatable bonds is 7. The molecule has 162 valence electrons. The Bertz CT molecular complexity index is 1010. The van der Waals surface area contributed by atoms with Crippen LogP contribution in [-0.2, 0) is 19.5 Å². The average molecular weight is 475 g/mol. The van der Waals surface area contributed by atoms with Crippen LogP contribution in [0, 0.1) is 0 Å². The first-order chi connectivity index (χ1) is 14.3. The fourth-order valence-electron chi connectivity index (χ4n) is 2.91. The number of halogens is 2. The number of anilines is 1. The van der Waals surface area contributed by atoms with Crippen LogP contribution < -0.4 is 14.8 Å². The van der Waals surface area contributed by atoms with Gasteiger partial charge in [0.15, 0.2) is 5.75 Å². The van der Waals surface area contributed by atoms with E-state index in [2.05, 4.69) is 0 Å². The normalized spacial score (nSPS) is 14.4. The van der Waals surface area contributed by atoms with E-state index in [0.29, 0.717) is 47.8 Å². The highest BCUT2D eigenvalue weighted by atomic mass is 35.5. The zero-order valence-corrected chi connectivity index (χ0v) is 18.2. The van der Waals surface area contributed by atoms with Gasteiger partial charge in [-0.1, -0.05) is 29.3 Å². The third-order valence-electron chi connectivity index (χ3n) is 4.35. The van der Waals surface area contributed by atoms with E-state index < -0.39 is 16.0 Å². The summed E-state index contributed by atoms with van der Waals surface area (Å²) < 4.78 is 39.6. The van der Waals surface area contributed by atoms with Crippen molar-refractivity contribution in [2.45, 2.75) is 4.90 Å². The second-order valence-corrected chi connectivity index (χ2v) is 8.73. The highest BCUT2D eigenvalue weighted by Crippen LogP contribution is 2.32. The zero-order valence-electron chi connectivity index (χ0n) is 15.8. The third kappa shape index (κ3) is 5.55. The predicted octanol–water partition coefficient (Wildman–Crippen LogP) is 2.71. The molecule has 30 heavy (non-hydrogen) atoms. The molecule has 2 N–H and O–H groups in total. The predicted molar refractivity (Wildman–Crippen MR) is 113 cm³/mol. The molecule has 0 unspecified atom stereocenters. The van der Waals surface area contributed by atoms with E-state index in [1.54, 1.807) is 24.3 Å². The summed E-state index contributed by atoms with van der Waals surface area (Å²) in [6.45, 7) is 2.03. The van der Waals surface area contributed by atoms with Gasteiger partial charge >= 0.3 is 5.97 Å². The molecule has 0 atom stereocenters. The van der Waals surface area contributed by atoms with E-state index in [1.807, 2.05) is 4.90 Å². The molecule has 2 aromatic carbocycles. The van der Waals surface area contributed by atoms with Crippen molar-refractivity contribution in [2.75, 3.05) is 44.4 Å². The SMILES string of the molecule is NS(=O)(=O)c1ccc(N2CCOCC2)c(C(=O)OCCOc2c(Cl)cccc2Cl)c1. The molecule has 0 aliphatic carbocycles. The number of carbonyl (C=O) groups is 1. The molecule has 0 spiro atoms. The molecule has 0 saturated carbocycles. The molecular formula is C19H20Cl2N2O6S. The molecule has 11 heteroatoms. The van der Waals surface area contributed by atoms with Gasteiger partial charge in [0.1, 0.15) is 13.2 Å². The molecule has 0 amide bonds. The Kier molecular flexibility index (Phi) is 7.43. The summed E-state index contributed by atoms with van der Waals surface area (Å²) in [4.78, 5) is 14.5. The number of hydrogen-bond donors (Lipinski definition) is 1. The number of benzene rings is 2. The minimum atomic E-state index is -3.98. The van der Waals surface area contributed by atoms with Gasteiger partial charge in [-0.2, -0.15) is 0 Å². The van der Waals surface area contributed by atoms with Crippen molar-refractivity contribution >= 4 is 44.9 Å². The van der Waals surface area contributed by atoms with Crippen molar-refractivity contribution in [2.24, 2.45) is 5.14 Å². The number of hydrogen-bond acceptors (Lipinski definition) is 7. The minimum absolute atomic E-state index is 0.0109. The number of para-hydroxylation sites is 1. The maximum Gasteiger partial charge on any atom is 0.340 e. The van der Waals surface area contributed by atoms with Gasteiger partial charge in [-0.05, 0) is 30.3 Å². The summed E-state index contributed by atoms with van der Waals surface area (Å²) in [7, 11) is -3.98. The maximum atomic E-state index is 12.7. The molecule has 8 nitrogen and oxygen atoms in total. The Balaban J connectivity index is 1.73. The minimum Gasteiger partial charge on any atom is -0.487 e. The van der Waals surface area contributed by atoms with Gasteiger partial charge in [-0.3, -0.25) is 0 Å². The Morgan fingerprint density at radius 3 is 2.40 bits per heavy atom. The number of morpholine rings is 1. The fourth-order valence-corrected chi connectivity index (χ4v) is 3.96. The Labute approximate surface area is 184 Å². The fraction of sp³-hybridized carbons (Fsp3) is 0.316. The molecular weight excluding hydrogens is 455 g/mol. The van der Waals surface area contributed by atoms with E-state index in [0.717, 1.165) is 0 Å². The average Bonchev–Trinajstić information content (AvgIpc) is 2.72. The lowest BCUT2D eigenvalue weighted by Gasteiger charge is -2.30. The summed E-state index contributed by atoms with van der Waals surface area (Å²) in [5.74, 6) is -0.405. The number of nitrogens with zero attached hydrogens (tertiary/aromatic N) is 1. The molecule has 0 bridgehead atoms. The second-order valence-electron chi connectivity index (χ2n) is 6.36. The van der Waals surface area contributed by atoms with Crippen LogP contribution in [0.5, 0.6) is 5.75 Å². The molecule has 0 aromatic heterocycles. The largest absolute Gasteiger partial charge is 0.487 e. The van der Waals surface area contributed by atoms with Crippen LogP contribution in [0.25, 0.3) is 0 Å². The Morgan fingerprint density at radius 2 is 1.77 bits per heavy atom. The van der Waals surface area contributed by atoms with Crippen LogP contribution in [0.15, 0.2) is 41.3 Å². The second kappa shape index (κ2) is 9.84. The van der Waals surface area contributed by atoms with E-state index in [1.165, 1.54) is 12.1 Å². The number of esters is 1. The number of sulfonamides is 1. The van der Waals surface area contributed by atoms with Gasteiger partial charge in [-0.15, -0.1) is 0 Å². The molecule has 1 saturated heterocycles.